The quantitative estimate of drug-likeness (QED) is 0.351. The van der Waals surface area contributed by atoms with E-state index >= 15 is 0 Å². The summed E-state index contributed by atoms with van der Waals surface area (Å²) in [5.41, 5.74) is 6.12. The highest BCUT2D eigenvalue weighted by Gasteiger charge is 2.35. The molecule has 8 bridgehead atoms. The molecule has 0 fully saturated rings. The molecule has 0 spiro atoms. The van der Waals surface area contributed by atoms with Gasteiger partial charge >= 0.3 is 5.97 Å². The van der Waals surface area contributed by atoms with Crippen LogP contribution >= 0.6 is 0 Å². The Balaban J connectivity index is 1.49. The molecule has 1 N–H and O–H groups in total. The first-order valence-electron chi connectivity index (χ1n) is 14.1. The van der Waals surface area contributed by atoms with Crippen molar-refractivity contribution in [2.24, 2.45) is 0 Å². The number of aliphatic carboxylic acids is 1. The van der Waals surface area contributed by atoms with Gasteiger partial charge in [-0.2, -0.15) is 4.31 Å². The SMILES string of the molecule is Cc1ccc2cc1CN1CC(CCCCCn3nnc4c(C)c(ccc43)C2CC(=O)O)Oc2ccccc2S1(=O)=O. The van der Waals surface area contributed by atoms with Gasteiger partial charge in [-0.05, 0) is 79.1 Å². The number of nitrogens with zero attached hydrogens (tertiary/aromatic N) is 4. The summed E-state index contributed by atoms with van der Waals surface area (Å²) in [6, 6.07) is 16.7. The molecule has 9 nitrogen and oxygen atoms in total. The van der Waals surface area contributed by atoms with E-state index in [2.05, 4.69) is 10.3 Å². The number of aromatic nitrogens is 3. The maximum atomic E-state index is 13.9. The number of ether oxygens (including phenoxy) is 1. The molecule has 3 aliphatic rings. The zero-order valence-electron chi connectivity index (χ0n) is 23.3. The molecule has 3 atom stereocenters. The smallest absolute Gasteiger partial charge is 0.304 e. The minimum absolute atomic E-state index is 0.103. The summed E-state index contributed by atoms with van der Waals surface area (Å²) in [6.07, 6.45) is 3.06. The van der Waals surface area contributed by atoms with Gasteiger partial charge in [0.15, 0.2) is 0 Å². The summed E-state index contributed by atoms with van der Waals surface area (Å²) >= 11 is 0. The number of fused-ring (bicyclic) bond motifs is 6. The third-order valence-electron chi connectivity index (χ3n) is 8.42. The number of aryl methyl sites for hydroxylation is 3. The Morgan fingerprint density at radius 3 is 2.73 bits per heavy atom. The van der Waals surface area contributed by atoms with Crippen LogP contribution in [0.4, 0.5) is 0 Å². The fraction of sp³-hybridized carbons (Fsp3) is 0.387. The lowest BCUT2D eigenvalue weighted by Gasteiger charge is -2.25. The predicted molar refractivity (Wildman–Crippen MR) is 154 cm³/mol. The summed E-state index contributed by atoms with van der Waals surface area (Å²) in [4.78, 5) is 12.2. The molecule has 214 valence electrons. The Labute approximate surface area is 239 Å². The van der Waals surface area contributed by atoms with Crippen LogP contribution in [0, 0.1) is 13.8 Å². The number of sulfonamides is 1. The van der Waals surface area contributed by atoms with Gasteiger partial charge in [-0.1, -0.05) is 48.0 Å². The van der Waals surface area contributed by atoms with Crippen molar-refractivity contribution < 1.29 is 23.1 Å². The van der Waals surface area contributed by atoms with E-state index in [1.807, 2.05) is 48.9 Å². The molecule has 3 unspecified atom stereocenters. The van der Waals surface area contributed by atoms with Gasteiger partial charge in [0, 0.05) is 19.0 Å². The number of para-hydroxylation sites is 1. The average molecular weight is 575 g/mol. The Morgan fingerprint density at radius 2 is 1.90 bits per heavy atom. The van der Waals surface area contributed by atoms with Gasteiger partial charge in [0.05, 0.1) is 18.5 Å². The number of carboxylic acids is 1. The number of benzene rings is 3. The first-order chi connectivity index (χ1) is 19.7. The van der Waals surface area contributed by atoms with Gasteiger partial charge in [0.25, 0.3) is 0 Å². The van der Waals surface area contributed by atoms with Crippen LogP contribution in [0.15, 0.2) is 59.5 Å². The Hall–Kier alpha value is -3.76. The highest BCUT2D eigenvalue weighted by Crippen LogP contribution is 2.36. The highest BCUT2D eigenvalue weighted by atomic mass is 32.2. The first kappa shape index (κ1) is 27.4. The monoisotopic (exact) mass is 574 g/mol. The van der Waals surface area contributed by atoms with Gasteiger partial charge in [0.1, 0.15) is 22.3 Å². The first-order valence-corrected chi connectivity index (χ1v) is 15.6. The Kier molecular flexibility index (Phi) is 7.29. The van der Waals surface area contributed by atoms with Gasteiger partial charge in [-0.15, -0.1) is 5.10 Å². The third kappa shape index (κ3) is 5.22. The summed E-state index contributed by atoms with van der Waals surface area (Å²) in [5, 5.41) is 18.8. The van der Waals surface area contributed by atoms with Crippen molar-refractivity contribution in [1.29, 1.82) is 0 Å². The summed E-state index contributed by atoms with van der Waals surface area (Å²) in [5.74, 6) is -0.952. The molecule has 0 amide bonds. The topological polar surface area (TPSA) is 115 Å². The van der Waals surface area contributed by atoms with E-state index in [-0.39, 0.29) is 30.5 Å². The predicted octanol–water partition coefficient (Wildman–Crippen LogP) is 5.18. The zero-order chi connectivity index (χ0) is 28.7. The molecule has 4 heterocycles. The number of carbonyl (C=O) groups is 1. The van der Waals surface area contributed by atoms with E-state index in [1.54, 1.807) is 24.3 Å². The maximum Gasteiger partial charge on any atom is 0.304 e. The van der Waals surface area contributed by atoms with Gasteiger partial charge in [-0.25, -0.2) is 13.1 Å². The largest absolute Gasteiger partial charge is 0.488 e. The minimum Gasteiger partial charge on any atom is -0.488 e. The molecule has 0 radical (unpaired) electrons. The van der Waals surface area contributed by atoms with Crippen LogP contribution in [0.2, 0.25) is 0 Å². The van der Waals surface area contributed by atoms with Crippen molar-refractivity contribution in [3.8, 4) is 5.75 Å². The molecule has 41 heavy (non-hydrogen) atoms. The fourth-order valence-electron chi connectivity index (χ4n) is 6.13. The van der Waals surface area contributed by atoms with Crippen molar-refractivity contribution in [2.75, 3.05) is 6.54 Å². The summed E-state index contributed by atoms with van der Waals surface area (Å²) in [7, 11) is -3.83. The van der Waals surface area contributed by atoms with Crippen molar-refractivity contribution in [3.05, 3.63) is 82.4 Å². The van der Waals surface area contributed by atoms with Gasteiger partial charge in [0.2, 0.25) is 10.0 Å². The lowest BCUT2D eigenvalue weighted by Crippen LogP contribution is -2.37. The normalized spacial score (nSPS) is 22.3. The number of hydrogen-bond donors (Lipinski definition) is 1. The zero-order valence-corrected chi connectivity index (χ0v) is 24.1. The van der Waals surface area contributed by atoms with Crippen LogP contribution in [-0.4, -0.2) is 51.4 Å². The lowest BCUT2D eigenvalue weighted by molar-refractivity contribution is -0.137. The molecule has 1 aromatic heterocycles. The molecule has 0 saturated carbocycles. The molecule has 10 heteroatoms. The molecule has 3 aromatic carbocycles. The van der Waals surface area contributed by atoms with E-state index in [0.717, 1.165) is 64.5 Å². The van der Waals surface area contributed by atoms with Gasteiger partial charge < -0.3 is 9.84 Å². The Morgan fingerprint density at radius 1 is 1.07 bits per heavy atom. The Bertz CT molecular complexity index is 1730. The van der Waals surface area contributed by atoms with Crippen molar-refractivity contribution in [3.63, 3.8) is 0 Å². The standard InChI is InChI=1S/C31H34N4O5S/c1-20-11-12-22-16-23(20)18-34-19-24(40-28-9-5-6-10-29(28)41(34,38)39)8-4-3-7-15-35-27-14-13-25(26(22)17-30(36)37)21(2)31(27)32-33-35/h5-6,9-14,16,24,26H,3-4,7-8,15,17-19H2,1-2H3,(H,36,37). The van der Waals surface area contributed by atoms with Crippen LogP contribution in [-0.2, 0) is 27.9 Å². The molecule has 3 aliphatic heterocycles. The fourth-order valence-corrected chi connectivity index (χ4v) is 7.70. The molecule has 0 aliphatic carbocycles. The summed E-state index contributed by atoms with van der Waals surface area (Å²) in [6.45, 7) is 5.05. The van der Waals surface area contributed by atoms with E-state index in [0.29, 0.717) is 12.3 Å². The second kappa shape index (κ2) is 10.9. The number of rotatable bonds is 2. The van der Waals surface area contributed by atoms with Crippen LogP contribution in [0.1, 0.15) is 65.8 Å². The maximum absolute atomic E-state index is 13.9. The van der Waals surface area contributed by atoms with Crippen molar-refractivity contribution in [2.45, 2.75) is 76.0 Å². The lowest BCUT2D eigenvalue weighted by atomic mass is 9.84. The average Bonchev–Trinajstić information content (AvgIpc) is 3.32. The van der Waals surface area contributed by atoms with Crippen LogP contribution in [0.3, 0.4) is 0 Å². The minimum atomic E-state index is -3.83. The highest BCUT2D eigenvalue weighted by molar-refractivity contribution is 7.89. The number of hydrogen-bond acceptors (Lipinski definition) is 6. The molecule has 0 saturated heterocycles. The van der Waals surface area contributed by atoms with E-state index in [1.165, 1.54) is 4.31 Å². The van der Waals surface area contributed by atoms with E-state index in [4.69, 9.17) is 4.74 Å². The van der Waals surface area contributed by atoms with Gasteiger partial charge in [-0.3, -0.25) is 4.79 Å². The summed E-state index contributed by atoms with van der Waals surface area (Å²) < 4.78 is 37.6. The van der Waals surface area contributed by atoms with Crippen LogP contribution in [0.5, 0.6) is 5.75 Å². The van der Waals surface area contributed by atoms with Crippen LogP contribution in [0.25, 0.3) is 11.0 Å². The second-order valence-corrected chi connectivity index (χ2v) is 13.0. The van der Waals surface area contributed by atoms with E-state index in [9.17, 15) is 18.3 Å². The molecular formula is C31H34N4O5S. The van der Waals surface area contributed by atoms with Crippen LogP contribution < -0.4 is 4.74 Å². The molecular weight excluding hydrogens is 540 g/mol. The second-order valence-electron chi connectivity index (χ2n) is 11.1. The third-order valence-corrected chi connectivity index (χ3v) is 10.3. The number of carboxylic acid groups (broad SMARTS) is 1. The van der Waals surface area contributed by atoms with Crippen molar-refractivity contribution in [1.82, 2.24) is 19.3 Å². The molecule has 4 aromatic rings. The van der Waals surface area contributed by atoms with E-state index < -0.39 is 21.9 Å². The molecule has 7 rings (SSSR count). The van der Waals surface area contributed by atoms with Crippen molar-refractivity contribution >= 4 is 27.0 Å².